The predicted molar refractivity (Wildman–Crippen MR) is 93.1 cm³/mol. The van der Waals surface area contributed by atoms with Crippen LogP contribution in [0.25, 0.3) is 0 Å². The molecule has 24 heavy (non-hydrogen) atoms. The van der Waals surface area contributed by atoms with Crippen molar-refractivity contribution < 1.29 is 19.1 Å². The second-order valence-corrected chi connectivity index (χ2v) is 5.74. The molecule has 1 amide bonds. The largest absolute Gasteiger partial charge is 0.495 e. The van der Waals surface area contributed by atoms with E-state index in [2.05, 4.69) is 5.32 Å². The zero-order valence-corrected chi connectivity index (χ0v) is 14.6. The minimum absolute atomic E-state index is 0.0294. The molecule has 2 aromatic rings. The molecule has 2 aromatic carbocycles. The van der Waals surface area contributed by atoms with Crippen molar-refractivity contribution >= 4 is 40.8 Å². The van der Waals surface area contributed by atoms with Crippen LogP contribution >= 0.6 is 23.2 Å². The van der Waals surface area contributed by atoms with Crippen LogP contribution < -0.4 is 10.1 Å². The van der Waals surface area contributed by atoms with Crippen molar-refractivity contribution in [3.8, 4) is 5.75 Å². The minimum Gasteiger partial charge on any atom is -0.495 e. The van der Waals surface area contributed by atoms with Gasteiger partial charge in [0.05, 0.1) is 28.4 Å². The Morgan fingerprint density at radius 2 is 1.79 bits per heavy atom. The molecule has 0 aliphatic heterocycles. The maximum atomic E-state index is 12.0. The van der Waals surface area contributed by atoms with E-state index < -0.39 is 18.5 Å². The van der Waals surface area contributed by atoms with Crippen molar-refractivity contribution in [2.24, 2.45) is 0 Å². The Labute approximate surface area is 149 Å². The van der Waals surface area contributed by atoms with Gasteiger partial charge in [-0.3, -0.25) is 4.79 Å². The Bertz CT molecular complexity index is 757. The van der Waals surface area contributed by atoms with Gasteiger partial charge in [-0.2, -0.15) is 0 Å². The van der Waals surface area contributed by atoms with Crippen molar-refractivity contribution in [1.29, 1.82) is 0 Å². The summed E-state index contributed by atoms with van der Waals surface area (Å²) in [5, 5.41) is 2.95. The monoisotopic (exact) mass is 367 g/mol. The van der Waals surface area contributed by atoms with Gasteiger partial charge >= 0.3 is 5.97 Å². The van der Waals surface area contributed by atoms with Gasteiger partial charge in [-0.05, 0) is 36.8 Å². The number of hydrogen-bond donors (Lipinski definition) is 1. The summed E-state index contributed by atoms with van der Waals surface area (Å²) in [5.74, 6) is -0.762. The van der Waals surface area contributed by atoms with E-state index in [0.717, 1.165) is 5.56 Å². The maximum absolute atomic E-state index is 12.0. The lowest BCUT2D eigenvalue weighted by Gasteiger charge is -2.11. The lowest BCUT2D eigenvalue weighted by atomic mass is 10.2. The average molecular weight is 368 g/mol. The number of methoxy groups -OCH3 is 1. The Balaban J connectivity index is 2.01. The molecule has 0 radical (unpaired) electrons. The lowest BCUT2D eigenvalue weighted by molar-refractivity contribution is -0.119. The van der Waals surface area contributed by atoms with Crippen LogP contribution in [0.15, 0.2) is 36.4 Å². The van der Waals surface area contributed by atoms with E-state index in [1.165, 1.54) is 19.2 Å². The fourth-order valence-electron chi connectivity index (χ4n) is 2.00. The third kappa shape index (κ3) is 4.40. The van der Waals surface area contributed by atoms with Crippen molar-refractivity contribution in [3.63, 3.8) is 0 Å². The zero-order chi connectivity index (χ0) is 17.7. The van der Waals surface area contributed by atoms with Gasteiger partial charge in [0, 0.05) is 0 Å². The second kappa shape index (κ2) is 8.04. The number of halogens is 2. The molecule has 7 heteroatoms. The van der Waals surface area contributed by atoms with Crippen LogP contribution in [-0.4, -0.2) is 25.6 Å². The molecule has 0 heterocycles. The molecule has 5 nitrogen and oxygen atoms in total. The molecule has 0 unspecified atom stereocenters. The average Bonchev–Trinajstić information content (AvgIpc) is 2.53. The molecular weight excluding hydrogens is 353 g/mol. The number of anilines is 1. The number of nitrogens with one attached hydrogen (secondary N) is 1. The van der Waals surface area contributed by atoms with Crippen LogP contribution in [0.4, 0.5) is 5.69 Å². The number of benzene rings is 2. The lowest BCUT2D eigenvalue weighted by Crippen LogP contribution is -2.21. The highest BCUT2D eigenvalue weighted by atomic mass is 35.5. The summed E-state index contributed by atoms with van der Waals surface area (Å²) in [5.41, 5.74) is 1.47. The molecule has 0 aliphatic carbocycles. The van der Waals surface area contributed by atoms with E-state index in [1.807, 2.05) is 13.0 Å². The molecule has 2 rings (SSSR count). The third-order valence-corrected chi connectivity index (χ3v) is 3.76. The number of carbonyl (C=O) groups excluding carboxylic acids is 2. The molecule has 1 N–H and O–H groups in total. The highest BCUT2D eigenvalue weighted by Crippen LogP contribution is 2.26. The van der Waals surface area contributed by atoms with Crippen molar-refractivity contribution in [3.05, 3.63) is 57.6 Å². The first-order valence-electron chi connectivity index (χ1n) is 6.98. The number of hydrogen-bond acceptors (Lipinski definition) is 4. The SMILES string of the molecule is COc1ccc(C)cc1NC(=O)COC(=O)c1c(Cl)cccc1Cl. The van der Waals surface area contributed by atoms with Gasteiger partial charge in [-0.15, -0.1) is 0 Å². The Hall–Kier alpha value is -2.24. The zero-order valence-electron chi connectivity index (χ0n) is 13.1. The van der Waals surface area contributed by atoms with E-state index in [1.54, 1.807) is 18.2 Å². The van der Waals surface area contributed by atoms with Gasteiger partial charge in [0.1, 0.15) is 5.75 Å². The Morgan fingerprint density at radius 3 is 2.42 bits per heavy atom. The second-order valence-electron chi connectivity index (χ2n) is 4.92. The van der Waals surface area contributed by atoms with Crippen LogP contribution in [0.5, 0.6) is 5.75 Å². The topological polar surface area (TPSA) is 64.6 Å². The highest BCUT2D eigenvalue weighted by Gasteiger charge is 2.17. The van der Waals surface area contributed by atoms with Gasteiger partial charge in [-0.25, -0.2) is 4.79 Å². The molecule has 0 saturated heterocycles. The first kappa shape index (κ1) is 18.1. The van der Waals surface area contributed by atoms with Gasteiger partial charge in [-0.1, -0.05) is 35.3 Å². The molecular formula is C17H15Cl2NO4. The van der Waals surface area contributed by atoms with E-state index in [-0.39, 0.29) is 15.6 Å². The van der Waals surface area contributed by atoms with Crippen molar-refractivity contribution in [1.82, 2.24) is 0 Å². The molecule has 0 atom stereocenters. The first-order chi connectivity index (χ1) is 11.4. The van der Waals surface area contributed by atoms with E-state index in [9.17, 15) is 9.59 Å². The molecule has 0 spiro atoms. The highest BCUT2D eigenvalue weighted by molar-refractivity contribution is 6.39. The van der Waals surface area contributed by atoms with E-state index in [4.69, 9.17) is 32.7 Å². The van der Waals surface area contributed by atoms with Gasteiger partial charge in [0.15, 0.2) is 6.61 Å². The molecule has 126 valence electrons. The number of rotatable bonds is 5. The van der Waals surface area contributed by atoms with E-state index in [0.29, 0.717) is 11.4 Å². The minimum atomic E-state index is -0.767. The van der Waals surface area contributed by atoms with Crippen molar-refractivity contribution in [2.45, 2.75) is 6.92 Å². The Kier molecular flexibility index (Phi) is 6.06. The fourth-order valence-corrected chi connectivity index (χ4v) is 2.55. The predicted octanol–water partition coefficient (Wildman–Crippen LogP) is 4.11. The van der Waals surface area contributed by atoms with Crippen LogP contribution in [-0.2, 0) is 9.53 Å². The summed E-state index contributed by atoms with van der Waals surface area (Å²) in [6.45, 7) is 1.41. The number of amides is 1. The van der Waals surface area contributed by atoms with Gasteiger partial charge < -0.3 is 14.8 Å². The number of carbonyl (C=O) groups is 2. The molecule has 0 bridgehead atoms. The van der Waals surface area contributed by atoms with Gasteiger partial charge in [0.25, 0.3) is 5.91 Å². The molecule has 0 fully saturated rings. The molecule has 0 aromatic heterocycles. The van der Waals surface area contributed by atoms with Crippen molar-refractivity contribution in [2.75, 3.05) is 19.0 Å². The van der Waals surface area contributed by atoms with Crippen LogP contribution in [0.3, 0.4) is 0 Å². The summed E-state index contributed by atoms with van der Waals surface area (Å²) in [6, 6.07) is 9.99. The number of ether oxygens (including phenoxy) is 2. The summed E-state index contributed by atoms with van der Waals surface area (Å²) < 4.78 is 10.1. The van der Waals surface area contributed by atoms with Crippen LogP contribution in [0.2, 0.25) is 10.0 Å². The van der Waals surface area contributed by atoms with Crippen LogP contribution in [0, 0.1) is 6.92 Å². The quantitative estimate of drug-likeness (QED) is 0.807. The number of esters is 1. The fraction of sp³-hybridized carbons (Fsp3) is 0.176. The first-order valence-corrected chi connectivity index (χ1v) is 7.73. The normalized spacial score (nSPS) is 10.2. The van der Waals surface area contributed by atoms with Gasteiger partial charge in [0.2, 0.25) is 0 Å². The standard InChI is InChI=1S/C17H15Cl2NO4/c1-10-6-7-14(23-2)13(8-10)20-15(21)9-24-17(22)16-11(18)4-3-5-12(16)19/h3-8H,9H2,1-2H3,(H,20,21). The summed E-state index contributed by atoms with van der Waals surface area (Å²) >= 11 is 11.8. The summed E-state index contributed by atoms with van der Waals surface area (Å²) in [6.07, 6.45) is 0. The maximum Gasteiger partial charge on any atom is 0.341 e. The summed E-state index contributed by atoms with van der Waals surface area (Å²) in [4.78, 5) is 24.0. The van der Waals surface area contributed by atoms with Crippen LogP contribution in [0.1, 0.15) is 15.9 Å². The summed E-state index contributed by atoms with van der Waals surface area (Å²) in [7, 11) is 1.50. The third-order valence-electron chi connectivity index (χ3n) is 3.13. The molecule has 0 aliphatic rings. The number of aryl methyl sites for hydroxylation is 1. The van der Waals surface area contributed by atoms with E-state index >= 15 is 0 Å². The molecule has 0 saturated carbocycles. The Morgan fingerprint density at radius 1 is 1.12 bits per heavy atom. The smallest absolute Gasteiger partial charge is 0.341 e.